The van der Waals surface area contributed by atoms with E-state index < -0.39 is 12.6 Å². The number of ether oxygens (including phenoxy) is 1. The molecule has 2 aliphatic carbocycles. The van der Waals surface area contributed by atoms with Crippen LogP contribution in [0.1, 0.15) is 51.4 Å². The van der Waals surface area contributed by atoms with Crippen LogP contribution in [0.3, 0.4) is 0 Å². The van der Waals surface area contributed by atoms with Crippen molar-refractivity contribution in [3.63, 3.8) is 0 Å². The van der Waals surface area contributed by atoms with Gasteiger partial charge in [0.05, 0.1) is 19.1 Å². The van der Waals surface area contributed by atoms with Crippen LogP contribution in [-0.4, -0.2) is 32.0 Å². The first-order valence-corrected chi connectivity index (χ1v) is 7.33. The third-order valence-electron chi connectivity index (χ3n) is 4.87. The number of hydrogen-bond acceptors (Lipinski definition) is 2. The maximum atomic E-state index is 12.2. The van der Waals surface area contributed by atoms with Crippen LogP contribution in [0.2, 0.25) is 0 Å². The summed E-state index contributed by atoms with van der Waals surface area (Å²) in [5.74, 6) is 0. The molecule has 2 atom stereocenters. The maximum absolute atomic E-state index is 12.2. The molecule has 2 aliphatic rings. The molecule has 1 N–H and O–H groups in total. The molecule has 0 heterocycles. The van der Waals surface area contributed by atoms with Crippen LogP contribution in [-0.2, 0) is 4.74 Å². The first kappa shape index (κ1) is 15.1. The highest BCUT2D eigenvalue weighted by atomic mass is 19.4. The summed E-state index contributed by atoms with van der Waals surface area (Å²) in [6.07, 6.45) is 2.96. The maximum Gasteiger partial charge on any atom is 0.391 e. The zero-order chi connectivity index (χ0) is 13.9. The number of hydrogen-bond donors (Lipinski definition) is 1. The van der Waals surface area contributed by atoms with E-state index in [1.54, 1.807) is 0 Å². The minimum atomic E-state index is -4.11. The van der Waals surface area contributed by atoms with Crippen molar-refractivity contribution in [3.8, 4) is 0 Å². The molecule has 2 saturated carbocycles. The van der Waals surface area contributed by atoms with Gasteiger partial charge in [-0.25, -0.2) is 0 Å². The molecule has 19 heavy (non-hydrogen) atoms. The van der Waals surface area contributed by atoms with Gasteiger partial charge in [0.1, 0.15) is 0 Å². The molecule has 5 heteroatoms. The molecular formula is C14H24F3NO. The SMILES string of the molecule is CNC1CC(OCCC(F)(F)F)C12CCCCCC2. The standard InChI is InChI=1S/C14H24F3NO/c1-18-11-10-12(19-9-8-14(15,16)17)13(11)6-4-2-3-5-7-13/h11-12,18H,2-10H2,1H3. The Morgan fingerprint density at radius 3 is 2.32 bits per heavy atom. The third kappa shape index (κ3) is 3.43. The van der Waals surface area contributed by atoms with Crippen molar-refractivity contribution in [1.29, 1.82) is 0 Å². The molecule has 0 bridgehead atoms. The van der Waals surface area contributed by atoms with E-state index in [0.29, 0.717) is 6.04 Å². The summed E-state index contributed by atoms with van der Waals surface area (Å²) >= 11 is 0. The van der Waals surface area contributed by atoms with Gasteiger partial charge in [-0.1, -0.05) is 25.7 Å². The molecule has 0 aromatic rings. The lowest BCUT2D eigenvalue weighted by molar-refractivity contribution is -0.179. The molecule has 112 valence electrons. The Morgan fingerprint density at radius 1 is 1.16 bits per heavy atom. The van der Waals surface area contributed by atoms with Crippen LogP contribution in [0.15, 0.2) is 0 Å². The fourth-order valence-electron chi connectivity index (χ4n) is 3.76. The summed E-state index contributed by atoms with van der Waals surface area (Å²) in [5.41, 5.74) is 0.0941. The van der Waals surface area contributed by atoms with Crippen molar-refractivity contribution in [3.05, 3.63) is 0 Å². The molecule has 2 fully saturated rings. The van der Waals surface area contributed by atoms with Gasteiger partial charge < -0.3 is 10.1 Å². The zero-order valence-corrected chi connectivity index (χ0v) is 11.6. The Bertz CT molecular complexity index is 285. The highest BCUT2D eigenvalue weighted by molar-refractivity contribution is 5.07. The normalized spacial score (nSPS) is 30.9. The van der Waals surface area contributed by atoms with Gasteiger partial charge in [0.2, 0.25) is 0 Å². The number of rotatable bonds is 4. The quantitative estimate of drug-likeness (QED) is 0.848. The first-order valence-electron chi connectivity index (χ1n) is 7.33. The van der Waals surface area contributed by atoms with E-state index in [1.165, 1.54) is 25.7 Å². The fourth-order valence-corrected chi connectivity index (χ4v) is 3.76. The molecule has 2 nitrogen and oxygen atoms in total. The topological polar surface area (TPSA) is 21.3 Å². The van der Waals surface area contributed by atoms with Crippen LogP contribution >= 0.6 is 0 Å². The summed E-state index contributed by atoms with van der Waals surface area (Å²) in [6, 6.07) is 0.418. The molecule has 0 aromatic heterocycles. The van der Waals surface area contributed by atoms with Crippen LogP contribution in [0.4, 0.5) is 13.2 Å². The van der Waals surface area contributed by atoms with Crippen LogP contribution in [0, 0.1) is 5.41 Å². The Hall–Kier alpha value is -0.290. The molecule has 2 unspecified atom stereocenters. The van der Waals surface area contributed by atoms with Crippen LogP contribution < -0.4 is 5.32 Å². The van der Waals surface area contributed by atoms with Crippen LogP contribution in [0.25, 0.3) is 0 Å². The lowest BCUT2D eigenvalue weighted by Crippen LogP contribution is -2.63. The number of nitrogens with one attached hydrogen (secondary N) is 1. The second-order valence-electron chi connectivity index (χ2n) is 5.95. The van der Waals surface area contributed by atoms with Crippen molar-refractivity contribution in [2.24, 2.45) is 5.41 Å². The Labute approximate surface area is 113 Å². The molecular weight excluding hydrogens is 255 g/mol. The summed E-state index contributed by atoms with van der Waals surface area (Å²) in [4.78, 5) is 0. The largest absolute Gasteiger partial charge is 0.391 e. The van der Waals surface area contributed by atoms with E-state index in [2.05, 4.69) is 5.32 Å². The highest BCUT2D eigenvalue weighted by Gasteiger charge is 2.54. The van der Waals surface area contributed by atoms with Crippen LogP contribution in [0.5, 0.6) is 0 Å². The van der Waals surface area contributed by atoms with Crippen molar-refractivity contribution in [1.82, 2.24) is 5.32 Å². The zero-order valence-electron chi connectivity index (χ0n) is 11.6. The lowest BCUT2D eigenvalue weighted by atomic mass is 9.58. The van der Waals surface area contributed by atoms with Gasteiger partial charge in [0, 0.05) is 11.5 Å². The predicted octanol–water partition coefficient (Wildman–Crippen LogP) is 3.66. The van der Waals surface area contributed by atoms with Gasteiger partial charge in [0.15, 0.2) is 0 Å². The molecule has 0 aromatic carbocycles. The molecule has 0 radical (unpaired) electrons. The van der Waals surface area contributed by atoms with Gasteiger partial charge in [0.25, 0.3) is 0 Å². The van der Waals surface area contributed by atoms with Crippen molar-refractivity contribution in [2.75, 3.05) is 13.7 Å². The van der Waals surface area contributed by atoms with Gasteiger partial charge in [-0.05, 0) is 26.3 Å². The minimum absolute atomic E-state index is 0.0189. The summed E-state index contributed by atoms with van der Waals surface area (Å²) < 4.78 is 42.1. The van der Waals surface area contributed by atoms with Gasteiger partial charge in [-0.2, -0.15) is 13.2 Å². The Kier molecular flexibility index (Phi) is 4.77. The molecule has 0 amide bonds. The number of halogens is 3. The fraction of sp³-hybridized carbons (Fsp3) is 1.00. The van der Waals surface area contributed by atoms with E-state index in [9.17, 15) is 13.2 Å². The average Bonchev–Trinajstić information content (AvgIpc) is 2.59. The molecule has 0 saturated heterocycles. The number of alkyl halides is 3. The molecule has 0 aliphatic heterocycles. The lowest BCUT2D eigenvalue weighted by Gasteiger charge is -2.56. The molecule has 2 rings (SSSR count). The Morgan fingerprint density at radius 2 is 1.79 bits per heavy atom. The molecule has 1 spiro atoms. The van der Waals surface area contributed by atoms with E-state index in [1.807, 2.05) is 7.05 Å². The second-order valence-corrected chi connectivity index (χ2v) is 5.95. The minimum Gasteiger partial charge on any atom is -0.377 e. The van der Waals surface area contributed by atoms with E-state index in [-0.39, 0.29) is 18.1 Å². The van der Waals surface area contributed by atoms with Gasteiger partial charge in [-0.3, -0.25) is 0 Å². The van der Waals surface area contributed by atoms with Crippen molar-refractivity contribution < 1.29 is 17.9 Å². The van der Waals surface area contributed by atoms with Gasteiger partial charge in [-0.15, -0.1) is 0 Å². The van der Waals surface area contributed by atoms with Crippen molar-refractivity contribution in [2.45, 2.75) is 69.7 Å². The Balaban J connectivity index is 1.89. The van der Waals surface area contributed by atoms with E-state index in [0.717, 1.165) is 19.3 Å². The highest BCUT2D eigenvalue weighted by Crippen LogP contribution is 2.52. The summed E-state index contributed by atoms with van der Waals surface area (Å²) in [6.45, 7) is -0.188. The summed E-state index contributed by atoms with van der Waals surface area (Å²) in [7, 11) is 1.95. The predicted molar refractivity (Wildman–Crippen MR) is 68.0 cm³/mol. The van der Waals surface area contributed by atoms with Crippen molar-refractivity contribution >= 4 is 0 Å². The first-order chi connectivity index (χ1) is 8.98. The average molecular weight is 279 g/mol. The second kappa shape index (κ2) is 6.00. The smallest absolute Gasteiger partial charge is 0.377 e. The third-order valence-corrected chi connectivity index (χ3v) is 4.87. The van der Waals surface area contributed by atoms with Gasteiger partial charge >= 0.3 is 6.18 Å². The van der Waals surface area contributed by atoms with E-state index >= 15 is 0 Å². The monoisotopic (exact) mass is 279 g/mol. The van der Waals surface area contributed by atoms with E-state index in [4.69, 9.17) is 4.74 Å². The summed E-state index contributed by atoms with van der Waals surface area (Å²) in [5, 5.41) is 3.32.